The van der Waals surface area contributed by atoms with Crippen LogP contribution in [0.25, 0.3) is 5.57 Å². The Morgan fingerprint density at radius 1 is 1.29 bits per heavy atom. The quantitative estimate of drug-likeness (QED) is 0.795. The molecular weight excluding hydrogens is 210 g/mol. The van der Waals surface area contributed by atoms with Crippen LogP contribution in [-0.4, -0.2) is 18.1 Å². The molecule has 0 amide bonds. The van der Waals surface area contributed by atoms with E-state index in [-0.39, 0.29) is 0 Å². The van der Waals surface area contributed by atoms with Crippen molar-refractivity contribution in [3.8, 4) is 6.07 Å². The normalized spacial score (nSPS) is 27.1. The summed E-state index contributed by atoms with van der Waals surface area (Å²) in [5.41, 5.74) is 3.13. The summed E-state index contributed by atoms with van der Waals surface area (Å²) in [4.78, 5) is 4.14. The first-order valence-electron chi connectivity index (χ1n) is 6.12. The van der Waals surface area contributed by atoms with Crippen molar-refractivity contribution >= 4 is 5.57 Å². The molecule has 1 aliphatic carbocycles. The summed E-state index contributed by atoms with van der Waals surface area (Å²) in [5, 5.41) is 12.3. The number of hydrogen-bond acceptors (Lipinski definition) is 3. The zero-order valence-corrected chi connectivity index (χ0v) is 9.69. The molecular formula is C14H15N3. The smallest absolute Gasteiger partial charge is 0.101 e. The number of nitrogens with zero attached hydrogens (tertiary/aromatic N) is 2. The molecule has 0 spiro atoms. The third kappa shape index (κ3) is 1.96. The Bertz CT molecular complexity index is 498. The van der Waals surface area contributed by atoms with E-state index >= 15 is 0 Å². The van der Waals surface area contributed by atoms with Crippen LogP contribution < -0.4 is 5.32 Å². The second-order valence-corrected chi connectivity index (χ2v) is 4.92. The van der Waals surface area contributed by atoms with Crippen molar-refractivity contribution in [1.82, 2.24) is 10.3 Å². The Morgan fingerprint density at radius 2 is 2.18 bits per heavy atom. The number of allylic oxidation sites excluding steroid dienone is 2. The largest absolute Gasteiger partial charge is 0.316 e. The van der Waals surface area contributed by atoms with E-state index < -0.39 is 0 Å². The van der Waals surface area contributed by atoms with Crippen LogP contribution in [0.3, 0.4) is 0 Å². The predicted molar refractivity (Wildman–Crippen MR) is 66.0 cm³/mol. The molecule has 17 heavy (non-hydrogen) atoms. The van der Waals surface area contributed by atoms with Gasteiger partial charge in [0.15, 0.2) is 0 Å². The van der Waals surface area contributed by atoms with Crippen molar-refractivity contribution in [2.45, 2.75) is 12.8 Å². The second kappa shape index (κ2) is 4.31. The van der Waals surface area contributed by atoms with Gasteiger partial charge >= 0.3 is 0 Å². The fraction of sp³-hybridized carbons (Fsp3) is 0.429. The second-order valence-electron chi connectivity index (χ2n) is 4.92. The average Bonchev–Trinajstić information content (AvgIpc) is 2.86. The molecule has 3 heteroatoms. The SMILES string of the molecule is N#Cc1cncc(C2=CC[C@@H]3CNC[C@@H]3C2)c1. The summed E-state index contributed by atoms with van der Waals surface area (Å²) in [6, 6.07) is 4.10. The van der Waals surface area contributed by atoms with Gasteiger partial charge in [-0.15, -0.1) is 0 Å². The lowest BCUT2D eigenvalue weighted by Gasteiger charge is -2.24. The maximum absolute atomic E-state index is 8.89. The molecule has 2 atom stereocenters. The number of aromatic nitrogens is 1. The Hall–Kier alpha value is -1.66. The van der Waals surface area contributed by atoms with E-state index in [9.17, 15) is 0 Å². The molecule has 0 aromatic carbocycles. The molecule has 3 nitrogen and oxygen atoms in total. The third-order valence-corrected chi connectivity index (χ3v) is 3.87. The first-order valence-corrected chi connectivity index (χ1v) is 6.12. The minimum atomic E-state index is 0.648. The zero-order valence-electron chi connectivity index (χ0n) is 9.69. The van der Waals surface area contributed by atoms with Crippen LogP contribution in [0.5, 0.6) is 0 Å². The van der Waals surface area contributed by atoms with Crippen LogP contribution in [-0.2, 0) is 0 Å². The molecule has 2 aliphatic rings. The minimum Gasteiger partial charge on any atom is -0.316 e. The molecule has 1 saturated heterocycles. The highest BCUT2D eigenvalue weighted by atomic mass is 14.9. The fourth-order valence-electron chi connectivity index (χ4n) is 2.87. The van der Waals surface area contributed by atoms with Gasteiger partial charge in [0.05, 0.1) is 5.56 Å². The molecule has 1 aromatic heterocycles. The molecule has 3 rings (SSSR count). The Balaban J connectivity index is 1.87. The van der Waals surface area contributed by atoms with Gasteiger partial charge in [0, 0.05) is 12.4 Å². The molecule has 0 bridgehead atoms. The van der Waals surface area contributed by atoms with Crippen molar-refractivity contribution in [3.05, 3.63) is 35.7 Å². The standard InChI is InChI=1S/C14H15N3/c15-5-10-3-13(8-16-6-10)11-1-2-12-7-17-9-14(12)4-11/h1,3,6,8,12,14,17H,2,4,7,9H2/t12-,14+/m1/s1. The van der Waals surface area contributed by atoms with E-state index in [1.54, 1.807) is 6.20 Å². The summed E-state index contributed by atoms with van der Waals surface area (Å²) in [5.74, 6) is 1.58. The van der Waals surface area contributed by atoms with E-state index in [4.69, 9.17) is 5.26 Å². The van der Waals surface area contributed by atoms with Crippen molar-refractivity contribution in [2.75, 3.05) is 13.1 Å². The van der Waals surface area contributed by atoms with Gasteiger partial charge in [-0.25, -0.2) is 0 Å². The van der Waals surface area contributed by atoms with Crippen LogP contribution in [0.2, 0.25) is 0 Å². The highest BCUT2D eigenvalue weighted by Crippen LogP contribution is 2.36. The van der Waals surface area contributed by atoms with Crippen LogP contribution >= 0.6 is 0 Å². The van der Waals surface area contributed by atoms with Crippen LogP contribution in [0, 0.1) is 23.2 Å². The molecule has 1 aromatic rings. The highest BCUT2D eigenvalue weighted by Gasteiger charge is 2.30. The Kier molecular flexibility index (Phi) is 2.66. The number of nitrogens with one attached hydrogen (secondary N) is 1. The van der Waals surface area contributed by atoms with Crippen molar-refractivity contribution in [2.24, 2.45) is 11.8 Å². The molecule has 1 aliphatic heterocycles. The maximum Gasteiger partial charge on any atom is 0.101 e. The summed E-state index contributed by atoms with van der Waals surface area (Å²) in [6.45, 7) is 2.29. The summed E-state index contributed by atoms with van der Waals surface area (Å²) < 4.78 is 0. The third-order valence-electron chi connectivity index (χ3n) is 3.87. The van der Waals surface area contributed by atoms with Crippen LogP contribution in [0.4, 0.5) is 0 Å². The van der Waals surface area contributed by atoms with Gasteiger partial charge in [-0.1, -0.05) is 6.08 Å². The first kappa shape index (κ1) is 10.5. The van der Waals surface area contributed by atoms with Crippen LogP contribution in [0.15, 0.2) is 24.5 Å². The number of nitriles is 1. The van der Waals surface area contributed by atoms with Gasteiger partial charge in [-0.2, -0.15) is 5.26 Å². The van der Waals surface area contributed by atoms with Gasteiger partial charge in [-0.3, -0.25) is 4.98 Å². The van der Waals surface area contributed by atoms with Gasteiger partial charge in [0.1, 0.15) is 6.07 Å². The van der Waals surface area contributed by atoms with Crippen molar-refractivity contribution in [3.63, 3.8) is 0 Å². The summed E-state index contributed by atoms with van der Waals surface area (Å²) in [7, 11) is 0. The number of rotatable bonds is 1. The van der Waals surface area contributed by atoms with Gasteiger partial charge in [-0.05, 0) is 55.0 Å². The van der Waals surface area contributed by atoms with E-state index in [1.807, 2.05) is 12.3 Å². The molecule has 0 saturated carbocycles. The predicted octanol–water partition coefficient (Wildman–Crippen LogP) is 1.97. The number of fused-ring (bicyclic) bond motifs is 1. The minimum absolute atomic E-state index is 0.648. The fourth-order valence-corrected chi connectivity index (χ4v) is 2.87. The van der Waals surface area contributed by atoms with E-state index in [2.05, 4.69) is 22.4 Å². The van der Waals surface area contributed by atoms with E-state index in [0.29, 0.717) is 5.56 Å². The monoisotopic (exact) mass is 225 g/mol. The van der Waals surface area contributed by atoms with Gasteiger partial charge in [0.25, 0.3) is 0 Å². The molecule has 86 valence electrons. The lowest BCUT2D eigenvalue weighted by molar-refractivity contribution is 0.418. The highest BCUT2D eigenvalue weighted by molar-refractivity contribution is 5.67. The van der Waals surface area contributed by atoms with Crippen molar-refractivity contribution in [1.29, 1.82) is 5.26 Å². The lowest BCUT2D eigenvalue weighted by Crippen LogP contribution is -2.16. The molecule has 1 N–H and O–H groups in total. The molecule has 1 fully saturated rings. The van der Waals surface area contributed by atoms with E-state index in [0.717, 1.165) is 43.3 Å². The number of pyridine rings is 1. The van der Waals surface area contributed by atoms with Gasteiger partial charge in [0.2, 0.25) is 0 Å². The molecule has 2 heterocycles. The number of hydrogen-bond donors (Lipinski definition) is 1. The van der Waals surface area contributed by atoms with Crippen molar-refractivity contribution < 1.29 is 0 Å². The lowest BCUT2D eigenvalue weighted by atomic mass is 9.80. The maximum atomic E-state index is 8.89. The average molecular weight is 225 g/mol. The summed E-state index contributed by atoms with van der Waals surface area (Å²) in [6.07, 6.45) is 8.09. The first-order chi connectivity index (χ1) is 8.36. The molecule has 0 unspecified atom stereocenters. The van der Waals surface area contributed by atoms with Gasteiger partial charge < -0.3 is 5.32 Å². The Labute approximate surface area is 101 Å². The van der Waals surface area contributed by atoms with E-state index in [1.165, 1.54) is 5.57 Å². The topological polar surface area (TPSA) is 48.7 Å². The zero-order chi connectivity index (χ0) is 11.7. The molecule has 0 radical (unpaired) electrons. The van der Waals surface area contributed by atoms with Crippen LogP contribution in [0.1, 0.15) is 24.0 Å². The Morgan fingerprint density at radius 3 is 3.06 bits per heavy atom. The summed E-state index contributed by atoms with van der Waals surface area (Å²) >= 11 is 0.